The van der Waals surface area contributed by atoms with E-state index in [1.807, 2.05) is 55.1 Å². The molecule has 6 aromatic rings. The van der Waals surface area contributed by atoms with Gasteiger partial charge in [-0.05, 0) is 140 Å². The van der Waals surface area contributed by atoms with Crippen LogP contribution in [-0.4, -0.2) is 35.3 Å². The SMILES string of the molecule is C#Cc1ccc(C#Cc2ccc3c(c2)C2(c4cc(C#Cc5ccc(C#C)cc5)ccc4-3)C(C(C)=O)C2([CH-]OC)[N+]2=C(c3ccc(C)cc3)c3ccccc3CC2)cc1. The van der Waals surface area contributed by atoms with Gasteiger partial charge < -0.3 is 4.74 Å². The molecule has 58 heavy (non-hydrogen) atoms. The molecule has 6 aromatic carbocycles. The standard InChI is InChI=1S/C55H39NO2/c1-6-39-14-18-41(19-15-39)22-24-43-26-30-48-49-31-27-44(25-23-42-20-16-40(7-2)17-21-42)35-51(49)55(50(48)34-43)53(38(4)57)54(55,36-58-5)56-33-32-45-10-8-9-11-47(45)52(56)46-28-12-37(3)13-29-46/h1-2,8-21,26-31,34-36,53H,32-33H2,3-5H3. The molecule has 3 aliphatic rings. The molecule has 0 saturated heterocycles. The van der Waals surface area contributed by atoms with Crippen molar-refractivity contribution in [2.24, 2.45) is 5.92 Å². The summed E-state index contributed by atoms with van der Waals surface area (Å²) in [6.45, 7) is 6.47. The highest BCUT2D eigenvalue weighted by molar-refractivity contribution is 6.11. The fourth-order valence-electron chi connectivity index (χ4n) is 9.56. The average molecular weight is 746 g/mol. The van der Waals surface area contributed by atoms with Gasteiger partial charge in [-0.15, -0.1) is 19.5 Å². The van der Waals surface area contributed by atoms with E-state index in [2.05, 4.69) is 132 Å². The van der Waals surface area contributed by atoms with Crippen LogP contribution in [0.4, 0.5) is 0 Å². The number of Topliss-reactive ketones (excluding diaryl/α,β-unsaturated/α-hetero) is 1. The molecular weight excluding hydrogens is 707 g/mol. The highest BCUT2D eigenvalue weighted by Crippen LogP contribution is 2.75. The van der Waals surface area contributed by atoms with Crippen molar-refractivity contribution < 1.29 is 14.1 Å². The third kappa shape index (κ3) is 5.72. The van der Waals surface area contributed by atoms with Gasteiger partial charge in [0.25, 0.3) is 0 Å². The smallest absolute Gasteiger partial charge is 0.213 e. The van der Waals surface area contributed by atoms with Crippen molar-refractivity contribution in [2.75, 3.05) is 13.7 Å². The maximum atomic E-state index is 14.6. The lowest BCUT2D eigenvalue weighted by atomic mass is 9.84. The van der Waals surface area contributed by atoms with Crippen LogP contribution in [0.3, 0.4) is 0 Å². The van der Waals surface area contributed by atoms with Crippen LogP contribution < -0.4 is 0 Å². The van der Waals surface area contributed by atoms with E-state index in [1.165, 1.54) is 11.1 Å². The van der Waals surface area contributed by atoms with Gasteiger partial charge in [0.05, 0.1) is 16.9 Å². The van der Waals surface area contributed by atoms with Crippen LogP contribution in [0.25, 0.3) is 11.1 Å². The minimum atomic E-state index is -0.893. The first-order valence-corrected chi connectivity index (χ1v) is 19.5. The zero-order valence-corrected chi connectivity index (χ0v) is 32.7. The first-order valence-electron chi connectivity index (χ1n) is 19.5. The molecule has 2 atom stereocenters. The topological polar surface area (TPSA) is 29.3 Å². The fraction of sp³-hybridized carbons (Fsp3) is 0.145. The number of rotatable bonds is 5. The Bertz CT molecular complexity index is 2780. The fourth-order valence-corrected chi connectivity index (χ4v) is 9.56. The second kappa shape index (κ2) is 14.4. The van der Waals surface area contributed by atoms with Gasteiger partial charge >= 0.3 is 0 Å². The molecule has 1 fully saturated rings. The van der Waals surface area contributed by atoms with Crippen LogP contribution in [-0.2, 0) is 21.4 Å². The van der Waals surface area contributed by atoms with Gasteiger partial charge in [-0.25, -0.2) is 4.58 Å². The Labute approximate surface area is 341 Å². The summed E-state index contributed by atoms with van der Waals surface area (Å²) >= 11 is 0. The summed E-state index contributed by atoms with van der Waals surface area (Å²) in [5.74, 6) is 18.5. The van der Waals surface area contributed by atoms with Crippen LogP contribution >= 0.6 is 0 Å². The molecule has 0 aromatic heterocycles. The van der Waals surface area contributed by atoms with E-state index in [9.17, 15) is 4.79 Å². The first kappa shape index (κ1) is 36.5. The van der Waals surface area contributed by atoms with E-state index in [4.69, 9.17) is 17.6 Å². The monoisotopic (exact) mass is 745 g/mol. The Morgan fingerprint density at radius 2 is 1.17 bits per heavy atom. The lowest BCUT2D eigenvalue weighted by Gasteiger charge is -2.34. The molecule has 2 aliphatic carbocycles. The number of nitrogens with zero attached hydrogens (tertiary/aromatic N) is 1. The van der Waals surface area contributed by atoms with E-state index in [-0.39, 0.29) is 5.78 Å². The number of fused-ring (bicyclic) bond motifs is 6. The van der Waals surface area contributed by atoms with Gasteiger partial charge in [0.1, 0.15) is 12.3 Å². The van der Waals surface area contributed by atoms with Crippen LogP contribution in [0.2, 0.25) is 0 Å². The number of aryl methyl sites for hydroxylation is 1. The Hall–Kier alpha value is -7.14. The van der Waals surface area contributed by atoms with Crippen molar-refractivity contribution in [1.29, 1.82) is 0 Å². The largest absolute Gasteiger partial charge is 0.548 e. The second-order valence-electron chi connectivity index (χ2n) is 15.3. The van der Waals surface area contributed by atoms with Crippen LogP contribution in [0.5, 0.6) is 0 Å². The number of hydrogen-bond acceptors (Lipinski definition) is 2. The van der Waals surface area contributed by atoms with Gasteiger partial charge in [0.2, 0.25) is 5.71 Å². The number of terminal acetylenes is 2. The molecule has 9 rings (SSSR count). The normalized spacial score (nSPS) is 17.6. The molecule has 2 unspecified atom stereocenters. The molecular formula is C55H39NO2. The number of hydrogen-bond donors (Lipinski definition) is 0. The lowest BCUT2D eigenvalue weighted by Crippen LogP contribution is -2.45. The van der Waals surface area contributed by atoms with Crippen molar-refractivity contribution in [3.8, 4) is 59.5 Å². The summed E-state index contributed by atoms with van der Waals surface area (Å²) in [6.07, 6.45) is 12.0. The molecule has 3 heteroatoms. The Morgan fingerprint density at radius 1 is 0.672 bits per heavy atom. The molecule has 0 bridgehead atoms. The predicted octanol–water partition coefficient (Wildman–Crippen LogP) is 8.90. The molecule has 276 valence electrons. The minimum Gasteiger partial charge on any atom is -0.548 e. The molecule has 0 N–H and O–H groups in total. The van der Waals surface area contributed by atoms with Crippen LogP contribution in [0.15, 0.2) is 133 Å². The van der Waals surface area contributed by atoms with Gasteiger partial charge in [-0.3, -0.25) is 4.79 Å². The van der Waals surface area contributed by atoms with Crippen molar-refractivity contribution >= 4 is 11.5 Å². The Balaban J connectivity index is 1.31. The number of carbonyl (C=O) groups is 1. The highest BCUT2D eigenvalue weighted by atomic mass is 16.5. The van der Waals surface area contributed by atoms with Gasteiger partial charge in [0, 0.05) is 50.9 Å². The van der Waals surface area contributed by atoms with Crippen molar-refractivity contribution in [1.82, 2.24) is 0 Å². The Morgan fingerprint density at radius 3 is 1.69 bits per heavy atom. The summed E-state index contributed by atoms with van der Waals surface area (Å²) < 4.78 is 8.68. The maximum Gasteiger partial charge on any atom is 0.213 e. The predicted molar refractivity (Wildman–Crippen MR) is 231 cm³/mol. The molecule has 0 amide bonds. The van der Waals surface area contributed by atoms with Crippen molar-refractivity contribution in [3.63, 3.8) is 0 Å². The minimum absolute atomic E-state index is 0.0874. The summed E-state index contributed by atoms with van der Waals surface area (Å²) in [4.78, 5) is 14.6. The van der Waals surface area contributed by atoms with E-state index < -0.39 is 16.9 Å². The summed E-state index contributed by atoms with van der Waals surface area (Å²) in [5, 5.41) is 0. The quantitative estimate of drug-likeness (QED) is 0.100. The summed E-state index contributed by atoms with van der Waals surface area (Å²) in [6, 6.07) is 45.6. The number of carbonyl (C=O) groups excluding carboxylic acids is 1. The number of methoxy groups -OCH3 is 1. The van der Waals surface area contributed by atoms with E-state index in [0.29, 0.717) is 6.54 Å². The average Bonchev–Trinajstić information content (AvgIpc) is 3.79. The number of benzene rings is 6. The van der Waals surface area contributed by atoms with Gasteiger partial charge in [-0.2, -0.15) is 0 Å². The molecule has 0 radical (unpaired) electrons. The van der Waals surface area contributed by atoms with Crippen LogP contribution in [0, 0.1) is 67.8 Å². The Kier molecular flexibility index (Phi) is 9.07. The van der Waals surface area contributed by atoms with Gasteiger partial charge in [-0.1, -0.05) is 83.6 Å². The molecule has 3 nitrogen and oxygen atoms in total. The third-order valence-corrected chi connectivity index (χ3v) is 12.0. The zero-order valence-electron chi connectivity index (χ0n) is 32.7. The molecule has 1 spiro atoms. The third-order valence-electron chi connectivity index (χ3n) is 12.0. The number of ketones is 1. The molecule has 1 saturated carbocycles. The van der Waals surface area contributed by atoms with E-state index in [0.717, 1.165) is 78.9 Å². The summed E-state index contributed by atoms with van der Waals surface area (Å²) in [5.41, 5.74) is 13.4. The maximum absolute atomic E-state index is 14.6. The highest BCUT2D eigenvalue weighted by Gasteiger charge is 2.84. The number of ether oxygens (including phenoxy) is 1. The lowest BCUT2D eigenvalue weighted by molar-refractivity contribution is -0.583. The molecule has 1 aliphatic heterocycles. The first-order chi connectivity index (χ1) is 28.3. The van der Waals surface area contributed by atoms with E-state index >= 15 is 0 Å². The van der Waals surface area contributed by atoms with E-state index in [1.54, 1.807) is 14.0 Å². The van der Waals surface area contributed by atoms with Crippen molar-refractivity contribution in [2.45, 2.75) is 31.2 Å². The summed E-state index contributed by atoms with van der Waals surface area (Å²) in [7, 11) is 1.70. The van der Waals surface area contributed by atoms with Gasteiger partial charge in [0.15, 0.2) is 0 Å². The zero-order chi connectivity index (χ0) is 40.0. The second-order valence-corrected chi connectivity index (χ2v) is 15.3. The molecule has 1 heterocycles. The van der Waals surface area contributed by atoms with Crippen LogP contribution in [0.1, 0.15) is 73.7 Å². The van der Waals surface area contributed by atoms with Crippen molar-refractivity contribution in [3.05, 3.63) is 207 Å².